The molecule has 0 radical (unpaired) electrons. The van der Waals surface area contributed by atoms with E-state index in [1.807, 2.05) is 13.8 Å². The van der Waals surface area contributed by atoms with Gasteiger partial charge in [0.05, 0.1) is 0 Å². The normalized spacial score (nSPS) is 34.5. The zero-order valence-electron chi connectivity index (χ0n) is 15.6. The third kappa shape index (κ3) is 4.61. The highest BCUT2D eigenvalue weighted by Gasteiger charge is 2.40. The van der Waals surface area contributed by atoms with Gasteiger partial charge in [-0.1, -0.05) is 0 Å². The number of likely N-dealkylation sites (N-methyl/N-ethyl adjacent to an activating group) is 1. The molecule has 2 amide bonds. The first kappa shape index (κ1) is 18.0. The molecule has 138 valence electrons. The summed E-state index contributed by atoms with van der Waals surface area (Å²) in [5.41, 5.74) is 0. The van der Waals surface area contributed by atoms with Crippen LogP contribution in [0.1, 0.15) is 26.7 Å². The van der Waals surface area contributed by atoms with Crippen molar-refractivity contribution in [2.75, 3.05) is 59.4 Å². The predicted molar refractivity (Wildman–Crippen MR) is 97.2 cm³/mol. The molecule has 2 bridgehead atoms. The second kappa shape index (κ2) is 8.02. The topological polar surface area (TPSA) is 50.9 Å². The van der Waals surface area contributed by atoms with Gasteiger partial charge in [0.2, 0.25) is 0 Å². The first-order valence-corrected chi connectivity index (χ1v) is 9.70. The fraction of sp³-hybridized carbons (Fsp3) is 0.944. The molecule has 0 spiro atoms. The molecule has 6 nitrogen and oxygen atoms in total. The van der Waals surface area contributed by atoms with Crippen LogP contribution in [0.2, 0.25) is 0 Å². The Morgan fingerprint density at radius 3 is 2.54 bits per heavy atom. The van der Waals surface area contributed by atoms with Gasteiger partial charge >= 0.3 is 6.03 Å². The number of rotatable bonds is 5. The van der Waals surface area contributed by atoms with Gasteiger partial charge < -0.3 is 20.4 Å². The summed E-state index contributed by atoms with van der Waals surface area (Å²) in [6, 6.07) is 0.702. The Bertz CT molecular complexity index is 422. The summed E-state index contributed by atoms with van der Waals surface area (Å²) in [5.74, 6) is 1.66. The van der Waals surface area contributed by atoms with Crippen LogP contribution < -0.4 is 10.6 Å². The molecule has 24 heavy (non-hydrogen) atoms. The standard InChI is InChI=1S/C18H35N5O/c1-14(2)20-18(24)19-11-17-10-15-4-5-23(17)13-16(15)12-22-8-6-21(3)7-9-22/h14-17H,4-13H2,1-3H3,(H2,19,20,24)/t15-,16-,17+/m0/s1. The molecule has 0 aromatic carbocycles. The molecule has 0 aromatic heterocycles. The smallest absolute Gasteiger partial charge is 0.315 e. The van der Waals surface area contributed by atoms with Crippen molar-refractivity contribution >= 4 is 6.03 Å². The number of amides is 2. The van der Waals surface area contributed by atoms with E-state index in [-0.39, 0.29) is 12.1 Å². The van der Waals surface area contributed by atoms with Crippen LogP contribution in [0.25, 0.3) is 0 Å². The van der Waals surface area contributed by atoms with Crippen molar-refractivity contribution < 1.29 is 4.79 Å². The Balaban J connectivity index is 1.43. The lowest BCUT2D eigenvalue weighted by Gasteiger charge is -2.51. The van der Waals surface area contributed by atoms with Gasteiger partial charge in [-0.05, 0) is 52.1 Å². The zero-order chi connectivity index (χ0) is 17.1. The summed E-state index contributed by atoms with van der Waals surface area (Å²) in [5, 5.41) is 5.98. The lowest BCUT2D eigenvalue weighted by atomic mass is 9.75. The maximum atomic E-state index is 11.8. The lowest BCUT2D eigenvalue weighted by molar-refractivity contribution is -0.0156. The summed E-state index contributed by atoms with van der Waals surface area (Å²) in [7, 11) is 2.22. The minimum atomic E-state index is -0.0263. The van der Waals surface area contributed by atoms with Crippen LogP contribution in [0.4, 0.5) is 4.79 Å². The average molecular weight is 338 g/mol. The van der Waals surface area contributed by atoms with E-state index in [0.29, 0.717) is 6.04 Å². The molecule has 4 aliphatic heterocycles. The van der Waals surface area contributed by atoms with E-state index in [4.69, 9.17) is 0 Å². The van der Waals surface area contributed by atoms with Crippen LogP contribution >= 0.6 is 0 Å². The van der Waals surface area contributed by atoms with Gasteiger partial charge in [0, 0.05) is 57.9 Å². The third-order valence-electron chi connectivity index (χ3n) is 6.02. The maximum Gasteiger partial charge on any atom is 0.315 e. The van der Waals surface area contributed by atoms with Crippen LogP contribution in [0.3, 0.4) is 0 Å². The first-order valence-electron chi connectivity index (χ1n) is 9.70. The van der Waals surface area contributed by atoms with Crippen molar-refractivity contribution in [2.45, 2.75) is 38.8 Å². The van der Waals surface area contributed by atoms with Crippen LogP contribution in [-0.2, 0) is 0 Å². The molecule has 6 heteroatoms. The van der Waals surface area contributed by atoms with Crippen LogP contribution in [-0.4, -0.2) is 92.2 Å². The van der Waals surface area contributed by atoms with E-state index in [1.165, 1.54) is 58.7 Å². The monoisotopic (exact) mass is 337 g/mol. The van der Waals surface area contributed by atoms with Gasteiger partial charge in [0.15, 0.2) is 0 Å². The summed E-state index contributed by atoms with van der Waals surface area (Å²) < 4.78 is 0. The number of carbonyl (C=O) groups excluding carboxylic acids is 1. The minimum absolute atomic E-state index is 0.0263. The second-order valence-electron chi connectivity index (χ2n) is 8.31. The molecule has 4 aliphatic rings. The van der Waals surface area contributed by atoms with Crippen molar-refractivity contribution in [1.82, 2.24) is 25.3 Å². The first-order chi connectivity index (χ1) is 11.5. The second-order valence-corrected chi connectivity index (χ2v) is 8.31. The van der Waals surface area contributed by atoms with Crippen LogP contribution in [0.15, 0.2) is 0 Å². The number of nitrogens with one attached hydrogen (secondary N) is 2. The van der Waals surface area contributed by atoms with Crippen molar-refractivity contribution in [2.24, 2.45) is 11.8 Å². The Morgan fingerprint density at radius 1 is 1.17 bits per heavy atom. The van der Waals surface area contributed by atoms with E-state index in [0.717, 1.165) is 18.4 Å². The molecule has 4 rings (SSSR count). The number of piperazine rings is 1. The fourth-order valence-corrected chi connectivity index (χ4v) is 4.55. The van der Waals surface area contributed by atoms with Crippen molar-refractivity contribution in [3.8, 4) is 0 Å². The van der Waals surface area contributed by atoms with Crippen LogP contribution in [0.5, 0.6) is 0 Å². The number of fused-ring (bicyclic) bond motifs is 3. The molecular weight excluding hydrogens is 302 g/mol. The summed E-state index contributed by atoms with van der Waals surface area (Å²) >= 11 is 0. The highest BCUT2D eigenvalue weighted by atomic mass is 16.2. The van der Waals surface area contributed by atoms with E-state index in [1.54, 1.807) is 0 Å². The van der Waals surface area contributed by atoms with E-state index in [2.05, 4.69) is 32.4 Å². The molecule has 4 fully saturated rings. The number of nitrogens with zero attached hydrogens (tertiary/aromatic N) is 3. The summed E-state index contributed by atoms with van der Waals surface area (Å²) in [6.07, 6.45) is 2.59. The molecule has 0 saturated carbocycles. The van der Waals surface area contributed by atoms with Crippen molar-refractivity contribution in [3.05, 3.63) is 0 Å². The van der Waals surface area contributed by atoms with Gasteiger partial charge in [-0.25, -0.2) is 4.79 Å². The molecule has 4 saturated heterocycles. The molecule has 2 N–H and O–H groups in total. The zero-order valence-corrected chi connectivity index (χ0v) is 15.6. The maximum absolute atomic E-state index is 11.8. The van der Waals surface area contributed by atoms with Gasteiger partial charge in [-0.15, -0.1) is 0 Å². The summed E-state index contributed by atoms with van der Waals surface area (Å²) in [4.78, 5) is 19.5. The Labute approximate surface area is 146 Å². The van der Waals surface area contributed by atoms with Gasteiger partial charge in [-0.3, -0.25) is 4.90 Å². The van der Waals surface area contributed by atoms with Gasteiger partial charge in [0.1, 0.15) is 0 Å². The lowest BCUT2D eigenvalue weighted by Crippen LogP contribution is -2.59. The van der Waals surface area contributed by atoms with Crippen molar-refractivity contribution in [1.29, 1.82) is 0 Å². The Hall–Kier alpha value is -0.850. The van der Waals surface area contributed by atoms with E-state index < -0.39 is 0 Å². The largest absolute Gasteiger partial charge is 0.337 e. The number of piperidine rings is 3. The number of hydrogen-bond acceptors (Lipinski definition) is 4. The third-order valence-corrected chi connectivity index (χ3v) is 6.02. The van der Waals surface area contributed by atoms with E-state index in [9.17, 15) is 4.79 Å². The summed E-state index contributed by atoms with van der Waals surface area (Å²) in [6.45, 7) is 13.3. The van der Waals surface area contributed by atoms with E-state index >= 15 is 0 Å². The number of hydrogen-bond donors (Lipinski definition) is 2. The molecular formula is C18H35N5O. The minimum Gasteiger partial charge on any atom is -0.337 e. The fourth-order valence-electron chi connectivity index (χ4n) is 4.55. The SMILES string of the molecule is CC(C)NC(=O)NC[C@H]1C[C@@H]2CCN1C[C@@H]2CN1CCN(C)CC1. The molecule has 0 aromatic rings. The van der Waals surface area contributed by atoms with Crippen molar-refractivity contribution in [3.63, 3.8) is 0 Å². The van der Waals surface area contributed by atoms with Gasteiger partial charge in [0.25, 0.3) is 0 Å². The molecule has 4 atom stereocenters. The molecule has 1 unspecified atom stereocenters. The van der Waals surface area contributed by atoms with Gasteiger partial charge in [-0.2, -0.15) is 0 Å². The highest BCUT2D eigenvalue weighted by Crippen LogP contribution is 2.36. The average Bonchev–Trinajstić information content (AvgIpc) is 2.55. The highest BCUT2D eigenvalue weighted by molar-refractivity contribution is 5.74. The number of urea groups is 1. The molecule has 4 heterocycles. The Morgan fingerprint density at radius 2 is 1.92 bits per heavy atom. The molecule has 0 aliphatic carbocycles. The predicted octanol–water partition coefficient (Wildman–Crippen LogP) is 0.652. The number of carbonyl (C=O) groups is 1. The van der Waals surface area contributed by atoms with Crippen LogP contribution in [0, 0.1) is 11.8 Å². The quantitative estimate of drug-likeness (QED) is 0.774. The Kier molecular flexibility index (Phi) is 6.00.